The van der Waals surface area contributed by atoms with Crippen LogP contribution in [0.4, 0.5) is 4.39 Å². The summed E-state index contributed by atoms with van der Waals surface area (Å²) in [5, 5.41) is 11.1. The van der Waals surface area contributed by atoms with Crippen LogP contribution in [0.25, 0.3) is 0 Å². The zero-order valence-corrected chi connectivity index (χ0v) is 16.5. The van der Waals surface area contributed by atoms with E-state index < -0.39 is 23.5 Å². The molecule has 7 heteroatoms. The van der Waals surface area contributed by atoms with Crippen molar-refractivity contribution in [1.29, 1.82) is 0 Å². The van der Waals surface area contributed by atoms with Gasteiger partial charge in [0.2, 0.25) is 5.78 Å². The van der Waals surface area contributed by atoms with Crippen LogP contribution in [0.2, 0.25) is 5.02 Å². The van der Waals surface area contributed by atoms with Crippen molar-refractivity contribution < 1.29 is 23.5 Å². The average molecular weight is 426 g/mol. The van der Waals surface area contributed by atoms with Crippen molar-refractivity contribution >= 4 is 23.3 Å². The van der Waals surface area contributed by atoms with Crippen molar-refractivity contribution in [1.82, 2.24) is 4.90 Å². The number of carbonyl (C=O) groups excluding carboxylic acids is 2. The number of carbonyl (C=O) groups is 2. The lowest BCUT2D eigenvalue weighted by molar-refractivity contribution is -0.129. The third-order valence-electron chi connectivity index (χ3n) is 5.03. The summed E-state index contributed by atoms with van der Waals surface area (Å²) < 4.78 is 18.4. The molecule has 152 valence electrons. The minimum atomic E-state index is -0.798. The second-order valence-corrected chi connectivity index (χ2v) is 7.33. The zero-order valence-electron chi connectivity index (χ0n) is 15.7. The fourth-order valence-corrected chi connectivity index (χ4v) is 3.67. The Bertz CT molecular complexity index is 1110. The second kappa shape index (κ2) is 8.16. The molecule has 1 amide bonds. The van der Waals surface area contributed by atoms with Crippen LogP contribution in [0.5, 0.6) is 0 Å². The topological polar surface area (TPSA) is 70.8 Å². The lowest BCUT2D eigenvalue weighted by atomic mass is 9.95. The highest BCUT2D eigenvalue weighted by Crippen LogP contribution is 2.39. The molecule has 0 fully saturated rings. The van der Waals surface area contributed by atoms with Gasteiger partial charge in [0.15, 0.2) is 11.5 Å². The van der Waals surface area contributed by atoms with Crippen LogP contribution in [-0.2, 0) is 11.2 Å². The van der Waals surface area contributed by atoms with Gasteiger partial charge in [0, 0.05) is 11.6 Å². The van der Waals surface area contributed by atoms with E-state index in [1.807, 2.05) is 0 Å². The predicted octanol–water partition coefficient (Wildman–Crippen LogP) is 4.89. The molecule has 0 aliphatic carbocycles. The van der Waals surface area contributed by atoms with Gasteiger partial charge in [-0.25, -0.2) is 4.39 Å². The minimum Gasteiger partial charge on any atom is -0.503 e. The van der Waals surface area contributed by atoms with Gasteiger partial charge in [0.05, 0.1) is 17.9 Å². The van der Waals surface area contributed by atoms with Gasteiger partial charge in [0.1, 0.15) is 5.82 Å². The molecule has 0 saturated heterocycles. The SMILES string of the molecule is O=C(C1=C(O)C(=O)N(CCc2ccc(F)cc2)C1c1ccc(Cl)cc1)c1ccco1. The van der Waals surface area contributed by atoms with E-state index >= 15 is 0 Å². The lowest BCUT2D eigenvalue weighted by Gasteiger charge is -2.26. The van der Waals surface area contributed by atoms with E-state index in [0.717, 1.165) is 5.56 Å². The molecule has 2 heterocycles. The fourth-order valence-electron chi connectivity index (χ4n) is 3.55. The van der Waals surface area contributed by atoms with Crippen molar-refractivity contribution in [2.24, 2.45) is 0 Å². The zero-order chi connectivity index (χ0) is 21.3. The van der Waals surface area contributed by atoms with Gasteiger partial charge in [-0.3, -0.25) is 9.59 Å². The van der Waals surface area contributed by atoms with Crippen molar-refractivity contribution in [2.75, 3.05) is 6.54 Å². The Hall–Kier alpha value is -3.38. The first-order valence-electron chi connectivity index (χ1n) is 9.28. The number of rotatable bonds is 6. The summed E-state index contributed by atoms with van der Waals surface area (Å²) in [5.74, 6) is -2.12. The number of aliphatic hydroxyl groups is 1. The maximum absolute atomic E-state index is 13.2. The highest BCUT2D eigenvalue weighted by atomic mass is 35.5. The summed E-state index contributed by atoms with van der Waals surface area (Å²) in [6.45, 7) is 0.219. The van der Waals surface area contributed by atoms with E-state index in [0.29, 0.717) is 17.0 Å². The largest absolute Gasteiger partial charge is 0.503 e. The molecule has 0 spiro atoms. The fraction of sp³-hybridized carbons (Fsp3) is 0.130. The number of amides is 1. The van der Waals surface area contributed by atoms with E-state index in [-0.39, 0.29) is 23.7 Å². The summed E-state index contributed by atoms with van der Waals surface area (Å²) in [7, 11) is 0. The number of Topliss-reactive ketones (excluding diaryl/α,β-unsaturated/α-hetero) is 1. The predicted molar refractivity (Wildman–Crippen MR) is 109 cm³/mol. The average Bonchev–Trinajstić information content (AvgIpc) is 3.36. The third-order valence-corrected chi connectivity index (χ3v) is 5.29. The second-order valence-electron chi connectivity index (χ2n) is 6.90. The maximum Gasteiger partial charge on any atom is 0.290 e. The number of hydrogen-bond donors (Lipinski definition) is 1. The number of ketones is 1. The van der Waals surface area contributed by atoms with Crippen molar-refractivity contribution in [3.8, 4) is 0 Å². The van der Waals surface area contributed by atoms with Gasteiger partial charge >= 0.3 is 0 Å². The molecule has 0 saturated carbocycles. The molecular weight excluding hydrogens is 409 g/mol. The number of benzene rings is 2. The van der Waals surface area contributed by atoms with Crippen LogP contribution in [-0.4, -0.2) is 28.2 Å². The molecule has 1 unspecified atom stereocenters. The molecule has 2 aromatic carbocycles. The van der Waals surface area contributed by atoms with E-state index in [1.54, 1.807) is 42.5 Å². The number of aliphatic hydroxyl groups excluding tert-OH is 1. The van der Waals surface area contributed by atoms with Crippen LogP contribution in [0.1, 0.15) is 27.7 Å². The van der Waals surface area contributed by atoms with Crippen molar-refractivity contribution in [3.05, 3.63) is 106 Å². The normalized spacial score (nSPS) is 16.4. The first kappa shape index (κ1) is 19.9. The van der Waals surface area contributed by atoms with Gasteiger partial charge < -0.3 is 14.4 Å². The molecular formula is C23H17ClFNO4. The summed E-state index contributed by atoms with van der Waals surface area (Å²) >= 11 is 5.99. The Morgan fingerprint density at radius 2 is 1.80 bits per heavy atom. The van der Waals surface area contributed by atoms with Gasteiger partial charge in [-0.2, -0.15) is 0 Å². The quantitative estimate of drug-likeness (QED) is 0.570. The lowest BCUT2D eigenvalue weighted by Crippen LogP contribution is -2.33. The minimum absolute atomic E-state index is 0.0312. The van der Waals surface area contributed by atoms with Crippen LogP contribution in [0.3, 0.4) is 0 Å². The molecule has 0 bridgehead atoms. The third kappa shape index (κ3) is 3.74. The summed E-state index contributed by atoms with van der Waals surface area (Å²) in [6.07, 6.45) is 1.77. The Kier molecular flexibility index (Phi) is 5.42. The van der Waals surface area contributed by atoms with Gasteiger partial charge in [0.25, 0.3) is 5.91 Å². The van der Waals surface area contributed by atoms with Gasteiger partial charge in [-0.05, 0) is 53.9 Å². The molecule has 3 aromatic rings. The summed E-state index contributed by atoms with van der Waals surface area (Å²) in [5.41, 5.74) is 1.41. The molecule has 1 aliphatic rings. The smallest absolute Gasteiger partial charge is 0.290 e. The number of furan rings is 1. The summed E-state index contributed by atoms with van der Waals surface area (Å²) in [4.78, 5) is 27.3. The Labute approximate surface area is 177 Å². The molecule has 1 N–H and O–H groups in total. The number of halogens is 2. The number of nitrogens with zero attached hydrogens (tertiary/aromatic N) is 1. The highest BCUT2D eigenvalue weighted by Gasteiger charge is 2.44. The first-order valence-corrected chi connectivity index (χ1v) is 9.65. The van der Waals surface area contributed by atoms with E-state index in [4.69, 9.17) is 16.0 Å². The summed E-state index contributed by atoms with van der Waals surface area (Å²) in [6, 6.07) is 14.9. The maximum atomic E-state index is 13.2. The highest BCUT2D eigenvalue weighted by molar-refractivity contribution is 6.30. The molecule has 1 aliphatic heterocycles. The van der Waals surface area contributed by atoms with E-state index in [9.17, 15) is 19.1 Å². The molecule has 0 radical (unpaired) electrons. The van der Waals surface area contributed by atoms with Gasteiger partial charge in [-0.1, -0.05) is 35.9 Å². The Morgan fingerprint density at radius 3 is 2.43 bits per heavy atom. The molecule has 1 atom stereocenters. The standard InChI is InChI=1S/C23H17ClFNO4/c24-16-7-5-15(6-8-16)20-19(21(27)18-2-1-13-30-18)22(28)23(29)26(20)12-11-14-3-9-17(25)10-4-14/h1-10,13,20,28H,11-12H2. The first-order chi connectivity index (χ1) is 14.5. The number of hydrogen-bond acceptors (Lipinski definition) is 4. The van der Waals surface area contributed by atoms with Crippen LogP contribution in [0, 0.1) is 5.82 Å². The van der Waals surface area contributed by atoms with Gasteiger partial charge in [-0.15, -0.1) is 0 Å². The Morgan fingerprint density at radius 1 is 1.10 bits per heavy atom. The molecule has 30 heavy (non-hydrogen) atoms. The van der Waals surface area contributed by atoms with Crippen molar-refractivity contribution in [3.63, 3.8) is 0 Å². The monoisotopic (exact) mass is 425 g/mol. The molecule has 4 rings (SSSR count). The molecule has 5 nitrogen and oxygen atoms in total. The van der Waals surface area contributed by atoms with E-state index in [1.165, 1.54) is 29.4 Å². The van der Waals surface area contributed by atoms with Crippen molar-refractivity contribution in [2.45, 2.75) is 12.5 Å². The van der Waals surface area contributed by atoms with Crippen LogP contribution < -0.4 is 0 Å². The van der Waals surface area contributed by atoms with E-state index in [2.05, 4.69) is 0 Å². The Balaban J connectivity index is 1.69. The van der Waals surface area contributed by atoms with Crippen LogP contribution in [0.15, 0.2) is 82.7 Å². The molecule has 1 aromatic heterocycles. The van der Waals surface area contributed by atoms with Crippen LogP contribution >= 0.6 is 11.6 Å².